The van der Waals surface area contributed by atoms with Crippen molar-refractivity contribution in [2.45, 2.75) is 6.92 Å². The minimum Gasteiger partial charge on any atom is -0.392 e. The minimum absolute atomic E-state index is 0.173. The lowest BCUT2D eigenvalue weighted by molar-refractivity contribution is 0.0962. The molecule has 1 rings (SSSR count). The fourth-order valence-corrected chi connectivity index (χ4v) is 1.56. The van der Waals surface area contributed by atoms with E-state index in [2.05, 4.69) is 22.5 Å². The number of nitrogens with zero attached hydrogens (tertiary/aromatic N) is 1. The summed E-state index contributed by atoms with van der Waals surface area (Å²) >= 11 is 5.93. The third-order valence-electron chi connectivity index (χ3n) is 1.37. The van der Waals surface area contributed by atoms with Crippen molar-refractivity contribution < 1.29 is 4.79 Å². The van der Waals surface area contributed by atoms with E-state index < -0.39 is 0 Å². The van der Waals surface area contributed by atoms with Crippen LogP contribution >= 0.6 is 23.6 Å². The van der Waals surface area contributed by atoms with Crippen LogP contribution < -0.4 is 11.1 Å². The molecule has 70 valence electrons. The van der Waals surface area contributed by atoms with Gasteiger partial charge in [0.25, 0.3) is 5.91 Å². The molecule has 3 N–H and O–H groups in total. The topological polar surface area (TPSA) is 68.0 Å². The zero-order valence-corrected chi connectivity index (χ0v) is 8.67. The second kappa shape index (κ2) is 4.29. The van der Waals surface area contributed by atoms with Crippen molar-refractivity contribution in [2.24, 2.45) is 5.73 Å². The van der Waals surface area contributed by atoms with Gasteiger partial charge >= 0.3 is 0 Å². The van der Waals surface area contributed by atoms with Crippen molar-refractivity contribution in [3.63, 3.8) is 0 Å². The van der Waals surface area contributed by atoms with Gasteiger partial charge in [0.05, 0.1) is 22.7 Å². The van der Waals surface area contributed by atoms with Crippen molar-refractivity contribution in [3.8, 4) is 0 Å². The van der Waals surface area contributed by atoms with Gasteiger partial charge in [0.2, 0.25) is 0 Å². The molecular formula is C7H9N3OS2. The number of hydrogen-bond acceptors (Lipinski definition) is 4. The molecule has 0 saturated heterocycles. The lowest BCUT2D eigenvalue weighted by Gasteiger charge is -2.01. The molecule has 1 aromatic rings. The van der Waals surface area contributed by atoms with Gasteiger partial charge < -0.3 is 11.1 Å². The van der Waals surface area contributed by atoms with Crippen molar-refractivity contribution in [1.82, 2.24) is 10.3 Å². The second-order valence-electron chi connectivity index (χ2n) is 2.42. The smallest absolute Gasteiger partial charge is 0.263 e. The molecule has 1 aromatic heterocycles. The maximum Gasteiger partial charge on any atom is 0.263 e. The molecule has 1 heterocycles. The average molecular weight is 215 g/mol. The van der Waals surface area contributed by atoms with Gasteiger partial charge in [-0.05, 0) is 6.92 Å². The summed E-state index contributed by atoms with van der Waals surface area (Å²) in [5, 5.41) is 2.59. The predicted molar refractivity (Wildman–Crippen MR) is 56.0 cm³/mol. The number of carbonyl (C=O) groups is 1. The maximum atomic E-state index is 11.4. The number of hydrogen-bond donors (Lipinski definition) is 2. The normalized spacial score (nSPS) is 9.62. The standard InChI is InChI=1S/C7H9N3OS2/c1-4-6(13-3-10-4)7(11)9-2-5(8)12/h3H,2H2,1H3,(H2,8,12)(H,9,11). The minimum atomic E-state index is -0.173. The lowest BCUT2D eigenvalue weighted by atomic mass is 10.4. The van der Waals surface area contributed by atoms with Crippen LogP contribution in [-0.4, -0.2) is 22.4 Å². The van der Waals surface area contributed by atoms with Crippen LogP contribution in [0.15, 0.2) is 5.51 Å². The van der Waals surface area contributed by atoms with Gasteiger partial charge in [-0.25, -0.2) is 4.98 Å². The molecule has 0 aliphatic carbocycles. The van der Waals surface area contributed by atoms with Crippen LogP contribution in [0.5, 0.6) is 0 Å². The fourth-order valence-electron chi connectivity index (χ4n) is 0.768. The van der Waals surface area contributed by atoms with Crippen molar-refractivity contribution in [1.29, 1.82) is 0 Å². The highest BCUT2D eigenvalue weighted by Gasteiger charge is 2.10. The number of thiocarbonyl (C=S) groups is 1. The number of rotatable bonds is 3. The molecule has 0 aliphatic heterocycles. The van der Waals surface area contributed by atoms with Crippen LogP contribution in [0.1, 0.15) is 15.4 Å². The van der Waals surface area contributed by atoms with Crippen LogP contribution in [0.25, 0.3) is 0 Å². The lowest BCUT2D eigenvalue weighted by Crippen LogP contribution is -2.32. The molecule has 0 fully saturated rings. The Labute approximate surface area is 85.2 Å². The van der Waals surface area contributed by atoms with E-state index >= 15 is 0 Å². The van der Waals surface area contributed by atoms with Gasteiger partial charge in [0, 0.05) is 0 Å². The molecule has 0 unspecified atom stereocenters. The highest BCUT2D eigenvalue weighted by Crippen LogP contribution is 2.10. The molecule has 0 aromatic carbocycles. The summed E-state index contributed by atoms with van der Waals surface area (Å²) in [6, 6.07) is 0. The van der Waals surface area contributed by atoms with E-state index in [0.29, 0.717) is 4.88 Å². The summed E-state index contributed by atoms with van der Waals surface area (Å²) in [7, 11) is 0. The van der Waals surface area contributed by atoms with E-state index in [-0.39, 0.29) is 17.4 Å². The largest absolute Gasteiger partial charge is 0.392 e. The zero-order chi connectivity index (χ0) is 9.84. The Morgan fingerprint density at radius 3 is 3.00 bits per heavy atom. The Hall–Kier alpha value is -1.01. The summed E-state index contributed by atoms with van der Waals surface area (Å²) in [5.74, 6) is -0.173. The number of carbonyl (C=O) groups excluding carboxylic acids is 1. The van der Waals surface area contributed by atoms with Gasteiger partial charge in [0.1, 0.15) is 4.88 Å². The third kappa shape index (κ3) is 2.74. The Morgan fingerprint density at radius 1 is 1.85 bits per heavy atom. The molecule has 13 heavy (non-hydrogen) atoms. The first-order valence-electron chi connectivity index (χ1n) is 3.58. The summed E-state index contributed by atoms with van der Waals surface area (Å²) in [6.07, 6.45) is 0. The highest BCUT2D eigenvalue weighted by atomic mass is 32.1. The Morgan fingerprint density at radius 2 is 2.54 bits per heavy atom. The van der Waals surface area contributed by atoms with Crippen molar-refractivity contribution >= 4 is 34.5 Å². The predicted octanol–water partition coefficient (Wildman–Crippen LogP) is 0.467. The summed E-state index contributed by atoms with van der Waals surface area (Å²) in [6.45, 7) is 2.01. The van der Waals surface area contributed by atoms with E-state index in [1.165, 1.54) is 11.3 Å². The van der Waals surface area contributed by atoms with Crippen LogP contribution in [-0.2, 0) is 0 Å². The average Bonchev–Trinajstić information content (AvgIpc) is 2.47. The SMILES string of the molecule is Cc1ncsc1C(=O)NCC(N)=S. The van der Waals surface area contributed by atoms with E-state index in [9.17, 15) is 4.79 Å². The van der Waals surface area contributed by atoms with Crippen LogP contribution in [0, 0.1) is 6.92 Å². The van der Waals surface area contributed by atoms with E-state index in [0.717, 1.165) is 5.69 Å². The molecule has 0 aliphatic rings. The molecule has 4 nitrogen and oxygen atoms in total. The van der Waals surface area contributed by atoms with Gasteiger partial charge in [-0.2, -0.15) is 0 Å². The Bertz CT molecular complexity index is 334. The number of amides is 1. The molecular weight excluding hydrogens is 206 g/mol. The van der Waals surface area contributed by atoms with Crippen LogP contribution in [0.3, 0.4) is 0 Å². The van der Waals surface area contributed by atoms with Crippen molar-refractivity contribution in [2.75, 3.05) is 6.54 Å². The van der Waals surface area contributed by atoms with Crippen LogP contribution in [0.2, 0.25) is 0 Å². The number of thiazole rings is 1. The van der Waals surface area contributed by atoms with E-state index in [1.807, 2.05) is 0 Å². The molecule has 0 radical (unpaired) electrons. The van der Waals surface area contributed by atoms with Gasteiger partial charge in [0.15, 0.2) is 0 Å². The molecule has 1 amide bonds. The highest BCUT2D eigenvalue weighted by molar-refractivity contribution is 7.80. The summed E-state index contributed by atoms with van der Waals surface area (Å²) in [4.78, 5) is 16.2. The van der Waals surface area contributed by atoms with Gasteiger partial charge in [-0.15, -0.1) is 11.3 Å². The van der Waals surface area contributed by atoms with E-state index in [1.54, 1.807) is 12.4 Å². The summed E-state index contributed by atoms with van der Waals surface area (Å²) in [5.41, 5.74) is 7.59. The first-order valence-corrected chi connectivity index (χ1v) is 4.86. The second-order valence-corrected chi connectivity index (χ2v) is 3.80. The first-order chi connectivity index (χ1) is 6.11. The fraction of sp³-hybridized carbons (Fsp3) is 0.286. The number of aromatic nitrogens is 1. The Balaban J connectivity index is 2.59. The Kier molecular flexibility index (Phi) is 3.32. The maximum absolute atomic E-state index is 11.4. The number of aryl methyl sites for hydroxylation is 1. The van der Waals surface area contributed by atoms with Gasteiger partial charge in [-0.1, -0.05) is 12.2 Å². The number of nitrogens with one attached hydrogen (secondary N) is 1. The molecule has 0 spiro atoms. The first kappa shape index (κ1) is 10.1. The van der Waals surface area contributed by atoms with E-state index in [4.69, 9.17) is 5.73 Å². The monoisotopic (exact) mass is 215 g/mol. The quantitative estimate of drug-likeness (QED) is 0.719. The number of nitrogens with two attached hydrogens (primary N) is 1. The van der Waals surface area contributed by atoms with Gasteiger partial charge in [-0.3, -0.25) is 4.79 Å². The summed E-state index contributed by atoms with van der Waals surface area (Å²) < 4.78 is 0. The molecule has 6 heteroatoms. The molecule has 0 atom stereocenters. The third-order valence-corrected chi connectivity index (χ3v) is 2.45. The van der Waals surface area contributed by atoms with Crippen molar-refractivity contribution in [3.05, 3.63) is 16.1 Å². The van der Waals surface area contributed by atoms with Crippen LogP contribution in [0.4, 0.5) is 0 Å². The molecule has 0 bridgehead atoms. The zero-order valence-electron chi connectivity index (χ0n) is 7.03. The molecule has 0 saturated carbocycles.